The van der Waals surface area contributed by atoms with Gasteiger partial charge in [-0.05, 0) is 204 Å². The van der Waals surface area contributed by atoms with Crippen LogP contribution in [0.4, 0.5) is 34.1 Å². The summed E-state index contributed by atoms with van der Waals surface area (Å²) in [4.78, 5) is 5.42. The van der Waals surface area contributed by atoms with Crippen LogP contribution in [0.15, 0.2) is 164 Å². The lowest BCUT2D eigenvalue weighted by molar-refractivity contribution is -0.00491. The van der Waals surface area contributed by atoms with Crippen LogP contribution in [0.25, 0.3) is 11.1 Å². The Morgan fingerprint density at radius 1 is 0.431 bits per heavy atom. The molecule has 0 aromatic heterocycles. The summed E-state index contributed by atoms with van der Waals surface area (Å²) >= 11 is 0. The van der Waals surface area contributed by atoms with Gasteiger partial charge in [0.15, 0.2) is 0 Å². The topological polar surface area (TPSA) is 6.48 Å². The number of anilines is 6. The van der Waals surface area contributed by atoms with E-state index in [1.165, 1.54) is 114 Å². The maximum Gasteiger partial charge on any atom is 0.0505 e. The molecule has 322 valence electrons. The molecule has 7 aromatic rings. The minimum Gasteiger partial charge on any atom is -0.310 e. The lowest BCUT2D eigenvalue weighted by atomic mass is 9.48. The Morgan fingerprint density at radius 3 is 1.57 bits per heavy atom. The Bertz CT molecular complexity index is 2970. The Hall–Kier alpha value is -5.86. The SMILES string of the molecule is CC1(C)c2ccccc2-c2ccc(N(c3ccccc3)c3cccc4c3C35c6c(cccc6N(c6ccccc6)c6ccccc6C67CC8CC(CC(C8)C6)C7)CC3CCCC5C4)cc21. The van der Waals surface area contributed by atoms with E-state index in [0.717, 1.165) is 30.6 Å². The molecule has 15 rings (SSSR count). The van der Waals surface area contributed by atoms with Gasteiger partial charge in [-0.3, -0.25) is 0 Å². The second kappa shape index (κ2) is 14.1. The van der Waals surface area contributed by atoms with Crippen molar-refractivity contribution in [3.63, 3.8) is 0 Å². The first-order chi connectivity index (χ1) is 31.9. The highest BCUT2D eigenvalue weighted by Gasteiger charge is 2.61. The van der Waals surface area contributed by atoms with Gasteiger partial charge in [0.05, 0.1) is 11.4 Å². The maximum absolute atomic E-state index is 2.77. The Morgan fingerprint density at radius 2 is 0.938 bits per heavy atom. The summed E-state index contributed by atoms with van der Waals surface area (Å²) in [5.74, 6) is 3.74. The second-order valence-electron chi connectivity index (χ2n) is 22.2. The van der Waals surface area contributed by atoms with Crippen molar-refractivity contribution in [1.29, 1.82) is 0 Å². The van der Waals surface area contributed by atoms with Gasteiger partial charge in [0, 0.05) is 33.6 Å². The molecular weight excluding hydrogens is 785 g/mol. The zero-order chi connectivity index (χ0) is 43.1. The zero-order valence-electron chi connectivity index (χ0n) is 38.1. The molecule has 2 nitrogen and oxygen atoms in total. The summed E-state index contributed by atoms with van der Waals surface area (Å²) in [7, 11) is 0. The molecule has 8 aliphatic rings. The lowest BCUT2D eigenvalue weighted by Crippen LogP contribution is -2.49. The van der Waals surface area contributed by atoms with E-state index in [0.29, 0.717) is 11.8 Å². The number of hydrogen-bond donors (Lipinski definition) is 0. The Balaban J connectivity index is 0.997. The average molecular weight is 845 g/mol. The summed E-state index contributed by atoms with van der Waals surface area (Å²) in [6, 6.07) is 63.8. The van der Waals surface area contributed by atoms with Crippen molar-refractivity contribution >= 4 is 34.1 Å². The van der Waals surface area contributed by atoms with E-state index < -0.39 is 0 Å². The van der Waals surface area contributed by atoms with Crippen LogP contribution in [0, 0.1) is 29.6 Å². The van der Waals surface area contributed by atoms with E-state index in [9.17, 15) is 0 Å². The largest absolute Gasteiger partial charge is 0.310 e. The zero-order valence-corrected chi connectivity index (χ0v) is 38.1. The second-order valence-corrected chi connectivity index (χ2v) is 22.2. The summed E-state index contributed by atoms with van der Waals surface area (Å²) in [5, 5.41) is 0. The average Bonchev–Trinajstić information content (AvgIpc) is 3.94. The van der Waals surface area contributed by atoms with Gasteiger partial charge < -0.3 is 9.80 Å². The molecule has 4 bridgehead atoms. The van der Waals surface area contributed by atoms with Gasteiger partial charge in [-0.15, -0.1) is 0 Å². The number of benzene rings is 7. The highest BCUT2D eigenvalue weighted by molar-refractivity contribution is 5.89. The molecule has 5 fully saturated rings. The first-order valence-electron chi connectivity index (χ1n) is 25.2. The molecule has 0 saturated heterocycles. The van der Waals surface area contributed by atoms with Crippen LogP contribution in [0.3, 0.4) is 0 Å². The molecule has 0 heterocycles. The van der Waals surface area contributed by atoms with Gasteiger partial charge in [-0.2, -0.15) is 0 Å². The van der Waals surface area contributed by atoms with Crippen LogP contribution in [0.2, 0.25) is 0 Å². The highest BCUT2D eigenvalue weighted by Crippen LogP contribution is 2.68. The van der Waals surface area contributed by atoms with Crippen molar-refractivity contribution < 1.29 is 0 Å². The summed E-state index contributed by atoms with van der Waals surface area (Å²) < 4.78 is 0. The van der Waals surface area contributed by atoms with Crippen molar-refractivity contribution in [3.8, 4) is 11.1 Å². The number of fused-ring (bicyclic) bond motifs is 5. The molecule has 65 heavy (non-hydrogen) atoms. The molecule has 0 amide bonds. The van der Waals surface area contributed by atoms with Gasteiger partial charge in [0.2, 0.25) is 0 Å². The van der Waals surface area contributed by atoms with E-state index in [2.05, 4.69) is 187 Å². The third-order valence-electron chi connectivity index (χ3n) is 18.5. The normalized spacial score (nSPS) is 27.9. The van der Waals surface area contributed by atoms with E-state index in [1.807, 2.05) is 0 Å². The predicted molar refractivity (Wildman–Crippen MR) is 269 cm³/mol. The molecule has 2 heteroatoms. The molecule has 0 radical (unpaired) electrons. The number of para-hydroxylation sites is 3. The quantitative estimate of drug-likeness (QED) is 0.158. The van der Waals surface area contributed by atoms with Crippen molar-refractivity contribution in [2.75, 3.05) is 9.80 Å². The van der Waals surface area contributed by atoms with Crippen molar-refractivity contribution in [3.05, 3.63) is 203 Å². The standard InChI is InChI=1S/C63H60N2/c1-61(2)53-25-10-9-24-51(53)52-31-30-50(37-55(52)61)64(48-20-5-3-6-21-48)57-28-13-16-44-35-46-18-15-19-47-36-45-17-14-29-58(60(45)63(46,47)59(44)57)65(49-22-7-4-8-23-49)56-27-12-11-26-54(56)62-38-41-32-42(39-62)34-43(33-41)40-62/h3-14,16-17,20-31,37,41-43,46-47H,15,18-19,32-36,38-40H2,1-2H3. The Labute approximate surface area is 386 Å². The third-order valence-corrected chi connectivity index (χ3v) is 18.5. The smallest absolute Gasteiger partial charge is 0.0505 e. The van der Waals surface area contributed by atoms with Crippen LogP contribution in [-0.2, 0) is 29.1 Å². The minimum absolute atomic E-state index is 0.0894. The fraction of sp³-hybridized carbons (Fsp3) is 0.333. The molecule has 3 atom stereocenters. The molecular formula is C63H60N2. The van der Waals surface area contributed by atoms with E-state index >= 15 is 0 Å². The molecule has 0 N–H and O–H groups in total. The van der Waals surface area contributed by atoms with Crippen LogP contribution in [0.5, 0.6) is 0 Å². The van der Waals surface area contributed by atoms with Crippen molar-refractivity contribution in [1.82, 2.24) is 0 Å². The number of rotatable bonds is 7. The molecule has 0 aliphatic heterocycles. The van der Waals surface area contributed by atoms with Crippen LogP contribution < -0.4 is 9.80 Å². The van der Waals surface area contributed by atoms with Crippen molar-refractivity contribution in [2.24, 2.45) is 29.6 Å². The summed E-state index contributed by atoms with van der Waals surface area (Å²) in [6.07, 6.45) is 14.6. The third kappa shape index (κ3) is 5.40. The number of hydrogen-bond acceptors (Lipinski definition) is 2. The molecule has 3 unspecified atom stereocenters. The minimum atomic E-state index is -0.113. The lowest BCUT2D eigenvalue weighted by Gasteiger charge is -2.57. The van der Waals surface area contributed by atoms with Crippen LogP contribution >= 0.6 is 0 Å². The van der Waals surface area contributed by atoms with Crippen molar-refractivity contribution in [2.45, 2.75) is 101 Å². The van der Waals surface area contributed by atoms with Gasteiger partial charge in [0.1, 0.15) is 0 Å². The summed E-state index contributed by atoms with van der Waals surface area (Å²) in [5.41, 5.74) is 21.5. The highest BCUT2D eigenvalue weighted by atomic mass is 15.2. The maximum atomic E-state index is 2.77. The van der Waals surface area contributed by atoms with Crippen LogP contribution in [0.1, 0.15) is 111 Å². The Kier molecular flexibility index (Phi) is 8.32. The van der Waals surface area contributed by atoms with E-state index in [4.69, 9.17) is 0 Å². The first-order valence-corrected chi connectivity index (χ1v) is 25.2. The first kappa shape index (κ1) is 38.4. The monoisotopic (exact) mass is 844 g/mol. The molecule has 1 spiro atoms. The van der Waals surface area contributed by atoms with Gasteiger partial charge in [0.25, 0.3) is 0 Å². The van der Waals surface area contributed by atoms with Gasteiger partial charge >= 0.3 is 0 Å². The van der Waals surface area contributed by atoms with Crippen LogP contribution in [-0.4, -0.2) is 0 Å². The fourth-order valence-corrected chi connectivity index (χ4v) is 16.6. The molecule has 5 saturated carbocycles. The van der Waals surface area contributed by atoms with E-state index in [-0.39, 0.29) is 16.2 Å². The molecule has 8 aliphatic carbocycles. The van der Waals surface area contributed by atoms with Gasteiger partial charge in [-0.25, -0.2) is 0 Å². The number of nitrogens with zero attached hydrogens (tertiary/aromatic N) is 2. The summed E-state index contributed by atoms with van der Waals surface area (Å²) in [6.45, 7) is 4.84. The predicted octanol–water partition coefficient (Wildman–Crippen LogP) is 16.2. The van der Waals surface area contributed by atoms with Gasteiger partial charge in [-0.1, -0.05) is 129 Å². The van der Waals surface area contributed by atoms with E-state index in [1.54, 1.807) is 27.8 Å². The fourth-order valence-electron chi connectivity index (χ4n) is 16.6. The molecule has 7 aromatic carbocycles.